The second kappa shape index (κ2) is 6.08. The Kier molecular flexibility index (Phi) is 5.03. The summed E-state index contributed by atoms with van der Waals surface area (Å²) < 4.78 is 2.02. The topological polar surface area (TPSA) is 38.1 Å². The van der Waals surface area contributed by atoms with Gasteiger partial charge in [-0.2, -0.15) is 5.10 Å². The molecule has 1 N–H and O–H groups in total. The summed E-state index contributed by atoms with van der Waals surface area (Å²) >= 11 is 0. The van der Waals surface area contributed by atoms with Gasteiger partial charge in [-0.25, -0.2) is 0 Å². The second-order valence-corrected chi connectivity index (χ2v) is 5.29. The van der Waals surface area contributed by atoms with Gasteiger partial charge in [-0.05, 0) is 32.1 Å². The SMILES string of the molecule is CCCc1c(O)c(CC(C)C)nn1C(C)CC. The lowest BCUT2D eigenvalue weighted by atomic mass is 10.1. The molecule has 1 aromatic rings. The van der Waals surface area contributed by atoms with E-state index in [4.69, 9.17) is 0 Å². The monoisotopic (exact) mass is 238 g/mol. The Morgan fingerprint density at radius 2 is 1.88 bits per heavy atom. The van der Waals surface area contributed by atoms with E-state index in [-0.39, 0.29) is 0 Å². The zero-order chi connectivity index (χ0) is 13.0. The normalized spacial score (nSPS) is 13.3. The fourth-order valence-corrected chi connectivity index (χ4v) is 2.04. The molecule has 1 rings (SSSR count). The molecule has 1 atom stereocenters. The quantitative estimate of drug-likeness (QED) is 0.820. The van der Waals surface area contributed by atoms with Crippen LogP contribution >= 0.6 is 0 Å². The van der Waals surface area contributed by atoms with E-state index in [0.717, 1.165) is 37.1 Å². The van der Waals surface area contributed by atoms with Crippen molar-refractivity contribution in [1.29, 1.82) is 0 Å². The van der Waals surface area contributed by atoms with Gasteiger partial charge < -0.3 is 5.11 Å². The summed E-state index contributed by atoms with van der Waals surface area (Å²) in [6.45, 7) is 10.8. The van der Waals surface area contributed by atoms with Crippen molar-refractivity contribution < 1.29 is 5.11 Å². The molecule has 0 fully saturated rings. The third-order valence-corrected chi connectivity index (χ3v) is 3.15. The number of aromatic hydroxyl groups is 1. The fourth-order valence-electron chi connectivity index (χ4n) is 2.04. The van der Waals surface area contributed by atoms with Crippen LogP contribution in [0.4, 0.5) is 0 Å². The predicted octanol–water partition coefficient (Wildman–Crippen LogP) is 3.71. The Balaban J connectivity index is 3.09. The van der Waals surface area contributed by atoms with Crippen molar-refractivity contribution >= 4 is 0 Å². The number of aromatic nitrogens is 2. The Morgan fingerprint density at radius 3 is 2.35 bits per heavy atom. The van der Waals surface area contributed by atoms with Crippen LogP contribution in [0.2, 0.25) is 0 Å². The van der Waals surface area contributed by atoms with Crippen molar-refractivity contribution in [2.45, 2.75) is 66.3 Å². The summed E-state index contributed by atoms with van der Waals surface area (Å²) in [5.74, 6) is 0.955. The molecule has 1 unspecified atom stereocenters. The summed E-state index contributed by atoms with van der Waals surface area (Å²) in [6, 6.07) is 0.364. The number of hydrogen-bond donors (Lipinski definition) is 1. The van der Waals surface area contributed by atoms with Crippen LogP contribution in [0.1, 0.15) is 64.9 Å². The Bertz CT molecular complexity index is 355. The van der Waals surface area contributed by atoms with Crippen LogP contribution < -0.4 is 0 Å². The highest BCUT2D eigenvalue weighted by molar-refractivity contribution is 5.33. The van der Waals surface area contributed by atoms with Crippen molar-refractivity contribution in [3.8, 4) is 5.75 Å². The van der Waals surface area contributed by atoms with Crippen LogP contribution in [-0.4, -0.2) is 14.9 Å². The molecule has 1 aromatic heterocycles. The molecule has 3 heteroatoms. The van der Waals surface area contributed by atoms with E-state index in [2.05, 4.69) is 39.7 Å². The summed E-state index contributed by atoms with van der Waals surface area (Å²) in [5.41, 5.74) is 1.88. The van der Waals surface area contributed by atoms with Gasteiger partial charge >= 0.3 is 0 Å². The van der Waals surface area contributed by atoms with Crippen LogP contribution in [-0.2, 0) is 12.8 Å². The smallest absolute Gasteiger partial charge is 0.160 e. The third kappa shape index (κ3) is 3.24. The van der Waals surface area contributed by atoms with Crippen molar-refractivity contribution in [1.82, 2.24) is 9.78 Å². The molecule has 0 bridgehead atoms. The van der Waals surface area contributed by atoms with E-state index >= 15 is 0 Å². The molecule has 17 heavy (non-hydrogen) atoms. The lowest BCUT2D eigenvalue weighted by Crippen LogP contribution is -2.10. The van der Waals surface area contributed by atoms with Crippen molar-refractivity contribution in [3.05, 3.63) is 11.4 Å². The molecular weight excluding hydrogens is 212 g/mol. The highest BCUT2D eigenvalue weighted by Gasteiger charge is 2.19. The summed E-state index contributed by atoms with van der Waals surface area (Å²) in [7, 11) is 0. The number of nitrogens with zero attached hydrogens (tertiary/aromatic N) is 2. The van der Waals surface area contributed by atoms with Gasteiger partial charge in [-0.1, -0.05) is 34.1 Å². The van der Waals surface area contributed by atoms with Crippen LogP contribution in [0, 0.1) is 5.92 Å². The van der Waals surface area contributed by atoms with Crippen molar-refractivity contribution in [2.24, 2.45) is 5.92 Å². The van der Waals surface area contributed by atoms with Crippen molar-refractivity contribution in [3.63, 3.8) is 0 Å². The van der Waals surface area contributed by atoms with E-state index < -0.39 is 0 Å². The minimum absolute atomic E-state index is 0.364. The third-order valence-electron chi connectivity index (χ3n) is 3.15. The molecule has 0 radical (unpaired) electrons. The zero-order valence-electron chi connectivity index (χ0n) is 11.8. The number of rotatable bonds is 6. The second-order valence-electron chi connectivity index (χ2n) is 5.29. The van der Waals surface area contributed by atoms with Gasteiger partial charge in [0.1, 0.15) is 5.69 Å². The first kappa shape index (κ1) is 14.1. The molecule has 3 nitrogen and oxygen atoms in total. The standard InChI is InChI=1S/C14H26N2O/c1-6-8-13-14(17)12(9-10(3)4)15-16(13)11(5)7-2/h10-11,17H,6-9H2,1-5H3. The molecule has 0 amide bonds. The predicted molar refractivity (Wildman–Crippen MR) is 71.4 cm³/mol. The van der Waals surface area contributed by atoms with E-state index in [1.54, 1.807) is 0 Å². The molecule has 0 spiro atoms. The van der Waals surface area contributed by atoms with Crippen LogP contribution in [0.15, 0.2) is 0 Å². The van der Waals surface area contributed by atoms with Gasteiger partial charge in [-0.3, -0.25) is 4.68 Å². The highest BCUT2D eigenvalue weighted by atomic mass is 16.3. The van der Waals surface area contributed by atoms with Crippen LogP contribution in [0.5, 0.6) is 5.75 Å². The first-order valence-corrected chi connectivity index (χ1v) is 6.80. The van der Waals surface area contributed by atoms with Gasteiger partial charge in [0.15, 0.2) is 5.75 Å². The Morgan fingerprint density at radius 1 is 1.24 bits per heavy atom. The minimum Gasteiger partial charge on any atom is -0.504 e. The molecule has 0 aliphatic heterocycles. The average Bonchev–Trinajstić information content (AvgIpc) is 2.57. The average molecular weight is 238 g/mol. The maximum absolute atomic E-state index is 10.3. The van der Waals surface area contributed by atoms with Gasteiger partial charge in [0, 0.05) is 6.04 Å². The first-order valence-electron chi connectivity index (χ1n) is 6.80. The van der Waals surface area contributed by atoms with E-state index in [9.17, 15) is 5.11 Å². The summed E-state index contributed by atoms with van der Waals surface area (Å²) in [6.07, 6.45) is 3.84. The molecule has 0 saturated carbocycles. The summed E-state index contributed by atoms with van der Waals surface area (Å²) in [5, 5.41) is 14.9. The number of hydrogen-bond acceptors (Lipinski definition) is 2. The molecule has 98 valence electrons. The van der Waals surface area contributed by atoms with Gasteiger partial charge in [0.25, 0.3) is 0 Å². The summed E-state index contributed by atoms with van der Waals surface area (Å²) in [4.78, 5) is 0. The lowest BCUT2D eigenvalue weighted by molar-refractivity contribution is 0.435. The highest BCUT2D eigenvalue weighted by Crippen LogP contribution is 2.28. The molecule has 0 aliphatic carbocycles. The van der Waals surface area contributed by atoms with E-state index in [1.807, 2.05) is 4.68 Å². The minimum atomic E-state index is 0.364. The molecule has 0 aromatic carbocycles. The maximum Gasteiger partial charge on any atom is 0.160 e. The van der Waals surface area contributed by atoms with E-state index in [0.29, 0.717) is 17.7 Å². The van der Waals surface area contributed by atoms with Crippen molar-refractivity contribution in [2.75, 3.05) is 0 Å². The fraction of sp³-hybridized carbons (Fsp3) is 0.786. The zero-order valence-corrected chi connectivity index (χ0v) is 11.8. The molecule has 0 aliphatic rings. The molecular formula is C14H26N2O. The van der Waals surface area contributed by atoms with Gasteiger partial charge in [0.05, 0.1) is 5.69 Å². The largest absolute Gasteiger partial charge is 0.504 e. The van der Waals surface area contributed by atoms with Crippen LogP contribution in [0.3, 0.4) is 0 Å². The lowest BCUT2D eigenvalue weighted by Gasteiger charge is -2.13. The van der Waals surface area contributed by atoms with E-state index in [1.165, 1.54) is 0 Å². The Labute approximate surface area is 105 Å². The molecule has 0 saturated heterocycles. The molecule has 1 heterocycles. The maximum atomic E-state index is 10.3. The van der Waals surface area contributed by atoms with Gasteiger partial charge in [-0.15, -0.1) is 0 Å². The van der Waals surface area contributed by atoms with Gasteiger partial charge in [0.2, 0.25) is 0 Å². The first-order chi connectivity index (χ1) is 8.01. The Hall–Kier alpha value is -0.990. The van der Waals surface area contributed by atoms with Crippen LogP contribution in [0.25, 0.3) is 0 Å².